The van der Waals surface area contributed by atoms with Crippen LogP contribution in [0.5, 0.6) is 0 Å². The summed E-state index contributed by atoms with van der Waals surface area (Å²) in [6, 6.07) is 4.03. The van der Waals surface area contributed by atoms with E-state index in [9.17, 15) is 13.2 Å². The maximum Gasteiger partial charge on any atom is 0.391 e. The van der Waals surface area contributed by atoms with Crippen molar-refractivity contribution in [1.29, 1.82) is 0 Å². The molecule has 132 valence electrons. The minimum atomic E-state index is -4.06. The molecule has 0 bridgehead atoms. The second-order valence-electron chi connectivity index (χ2n) is 5.77. The van der Waals surface area contributed by atoms with E-state index in [4.69, 9.17) is 0 Å². The molecule has 2 rings (SSSR count). The fourth-order valence-electron chi connectivity index (χ4n) is 2.81. The average Bonchev–Trinajstić information content (AvgIpc) is 2.88. The van der Waals surface area contributed by atoms with E-state index >= 15 is 0 Å². The van der Waals surface area contributed by atoms with Gasteiger partial charge in [-0.2, -0.15) is 13.2 Å². The lowest BCUT2D eigenvalue weighted by Gasteiger charge is -2.31. The molecule has 2 N–H and O–H groups in total. The highest BCUT2D eigenvalue weighted by atomic mass is 127. The van der Waals surface area contributed by atoms with Gasteiger partial charge in [-0.05, 0) is 37.8 Å². The normalized spacial score (nSPS) is 22.4. The Labute approximate surface area is 151 Å². The fourth-order valence-corrected chi connectivity index (χ4v) is 2.81. The standard InChI is InChI=1S/C15H23F3N4.HI/c1-19-14(20-10-13-4-3-9-22(13)2)21-12-7-5-11(6-8-12)15(16,17)18;/h3-4,9,11-12H,5-8,10H2,1-2H3,(H2,19,20,21);1H. The van der Waals surface area contributed by atoms with Gasteiger partial charge in [0.15, 0.2) is 5.96 Å². The second kappa shape index (κ2) is 8.79. The molecule has 0 amide bonds. The number of halogens is 4. The van der Waals surface area contributed by atoms with Crippen LogP contribution in [0, 0.1) is 5.92 Å². The molecular formula is C15H24F3IN4. The van der Waals surface area contributed by atoms with Crippen LogP contribution in [0.4, 0.5) is 13.2 Å². The van der Waals surface area contributed by atoms with Crippen molar-refractivity contribution in [3.05, 3.63) is 24.0 Å². The number of nitrogens with zero attached hydrogens (tertiary/aromatic N) is 2. The molecule has 0 radical (unpaired) electrons. The summed E-state index contributed by atoms with van der Waals surface area (Å²) < 4.78 is 40.0. The topological polar surface area (TPSA) is 41.4 Å². The number of guanidine groups is 1. The number of hydrogen-bond acceptors (Lipinski definition) is 1. The summed E-state index contributed by atoms with van der Waals surface area (Å²) in [7, 11) is 3.63. The predicted octanol–water partition coefficient (Wildman–Crippen LogP) is 3.43. The number of aliphatic imine (C=N–C) groups is 1. The Morgan fingerprint density at radius 3 is 2.43 bits per heavy atom. The molecule has 8 heteroatoms. The SMILES string of the molecule is CN=C(NCc1cccn1C)NC1CCC(C(F)(F)F)CC1.I. The summed E-state index contributed by atoms with van der Waals surface area (Å²) in [5.74, 6) is -0.513. The Morgan fingerprint density at radius 2 is 1.96 bits per heavy atom. The summed E-state index contributed by atoms with van der Waals surface area (Å²) in [6.45, 7) is 0.626. The van der Waals surface area contributed by atoms with Gasteiger partial charge in [-0.3, -0.25) is 4.99 Å². The summed E-state index contributed by atoms with van der Waals surface area (Å²) >= 11 is 0. The first-order valence-electron chi connectivity index (χ1n) is 7.54. The lowest BCUT2D eigenvalue weighted by Crippen LogP contribution is -2.45. The number of aryl methyl sites for hydroxylation is 1. The highest BCUT2D eigenvalue weighted by Gasteiger charge is 2.41. The van der Waals surface area contributed by atoms with Gasteiger partial charge in [-0.1, -0.05) is 0 Å². The Hall–Kier alpha value is -0.930. The molecule has 0 aliphatic heterocycles. The zero-order valence-electron chi connectivity index (χ0n) is 13.4. The molecule has 23 heavy (non-hydrogen) atoms. The van der Waals surface area contributed by atoms with Crippen LogP contribution in [0.2, 0.25) is 0 Å². The molecule has 1 aromatic heterocycles. The van der Waals surface area contributed by atoms with E-state index in [1.54, 1.807) is 7.05 Å². The number of alkyl halides is 3. The molecule has 0 spiro atoms. The van der Waals surface area contributed by atoms with Gasteiger partial charge in [0.1, 0.15) is 0 Å². The van der Waals surface area contributed by atoms with Crippen molar-refractivity contribution in [3.63, 3.8) is 0 Å². The van der Waals surface area contributed by atoms with Crippen molar-refractivity contribution in [3.8, 4) is 0 Å². The quantitative estimate of drug-likeness (QED) is 0.426. The third-order valence-electron chi connectivity index (χ3n) is 4.24. The van der Waals surface area contributed by atoms with Gasteiger partial charge >= 0.3 is 6.18 Å². The number of nitrogens with one attached hydrogen (secondary N) is 2. The maximum absolute atomic E-state index is 12.7. The molecule has 1 saturated carbocycles. The Bertz CT molecular complexity index is 505. The summed E-state index contributed by atoms with van der Waals surface area (Å²) in [4.78, 5) is 4.14. The van der Waals surface area contributed by atoms with Gasteiger partial charge in [0.25, 0.3) is 0 Å². The van der Waals surface area contributed by atoms with Crippen LogP contribution in [-0.2, 0) is 13.6 Å². The first-order valence-corrected chi connectivity index (χ1v) is 7.54. The van der Waals surface area contributed by atoms with Crippen molar-refractivity contribution in [2.24, 2.45) is 18.0 Å². The van der Waals surface area contributed by atoms with Crippen molar-refractivity contribution in [1.82, 2.24) is 15.2 Å². The minimum Gasteiger partial charge on any atom is -0.354 e. The first kappa shape index (κ1) is 20.1. The minimum absolute atomic E-state index is 0. The third-order valence-corrected chi connectivity index (χ3v) is 4.24. The fraction of sp³-hybridized carbons (Fsp3) is 0.667. The van der Waals surface area contributed by atoms with E-state index in [2.05, 4.69) is 15.6 Å². The number of aromatic nitrogens is 1. The predicted molar refractivity (Wildman–Crippen MR) is 96.0 cm³/mol. The molecular weight excluding hydrogens is 420 g/mol. The number of hydrogen-bond donors (Lipinski definition) is 2. The lowest BCUT2D eigenvalue weighted by atomic mass is 9.85. The number of rotatable bonds is 3. The van der Waals surface area contributed by atoms with Gasteiger partial charge in [0.05, 0.1) is 12.5 Å². The Morgan fingerprint density at radius 1 is 1.30 bits per heavy atom. The molecule has 1 aromatic rings. The average molecular weight is 444 g/mol. The molecule has 1 fully saturated rings. The molecule has 1 heterocycles. The van der Waals surface area contributed by atoms with Gasteiger partial charge in [0, 0.05) is 32.0 Å². The van der Waals surface area contributed by atoms with Crippen LogP contribution >= 0.6 is 24.0 Å². The van der Waals surface area contributed by atoms with Gasteiger partial charge < -0.3 is 15.2 Å². The van der Waals surface area contributed by atoms with Crippen LogP contribution in [-0.4, -0.2) is 29.8 Å². The summed E-state index contributed by atoms with van der Waals surface area (Å²) in [5.41, 5.74) is 1.11. The van der Waals surface area contributed by atoms with Crippen molar-refractivity contribution < 1.29 is 13.2 Å². The van der Waals surface area contributed by atoms with E-state index in [1.807, 2.05) is 29.9 Å². The summed E-state index contributed by atoms with van der Waals surface area (Å²) in [6.07, 6.45) is -0.668. The highest BCUT2D eigenvalue weighted by molar-refractivity contribution is 14.0. The van der Waals surface area contributed by atoms with E-state index in [0.717, 1.165) is 5.69 Å². The van der Waals surface area contributed by atoms with Gasteiger partial charge in [0.2, 0.25) is 0 Å². The van der Waals surface area contributed by atoms with Crippen LogP contribution in [0.15, 0.2) is 23.3 Å². The molecule has 4 nitrogen and oxygen atoms in total. The van der Waals surface area contributed by atoms with Gasteiger partial charge in [-0.15, -0.1) is 24.0 Å². The van der Waals surface area contributed by atoms with Crippen molar-refractivity contribution >= 4 is 29.9 Å². The molecule has 0 saturated heterocycles. The van der Waals surface area contributed by atoms with Crippen LogP contribution in [0.25, 0.3) is 0 Å². The third kappa shape index (κ3) is 5.89. The zero-order valence-corrected chi connectivity index (χ0v) is 15.7. The van der Waals surface area contributed by atoms with E-state index in [0.29, 0.717) is 25.3 Å². The smallest absolute Gasteiger partial charge is 0.354 e. The zero-order chi connectivity index (χ0) is 16.2. The first-order chi connectivity index (χ1) is 10.4. The van der Waals surface area contributed by atoms with E-state index in [1.165, 1.54) is 0 Å². The van der Waals surface area contributed by atoms with Crippen LogP contribution in [0.3, 0.4) is 0 Å². The lowest BCUT2D eigenvalue weighted by molar-refractivity contribution is -0.182. The van der Waals surface area contributed by atoms with E-state index in [-0.39, 0.29) is 42.9 Å². The highest BCUT2D eigenvalue weighted by Crippen LogP contribution is 2.37. The van der Waals surface area contributed by atoms with Gasteiger partial charge in [-0.25, -0.2) is 0 Å². The van der Waals surface area contributed by atoms with Crippen molar-refractivity contribution in [2.45, 2.75) is 44.4 Å². The van der Waals surface area contributed by atoms with E-state index < -0.39 is 12.1 Å². The molecule has 0 unspecified atom stereocenters. The molecule has 0 aromatic carbocycles. The summed E-state index contributed by atoms with van der Waals surface area (Å²) in [5, 5.41) is 6.42. The maximum atomic E-state index is 12.7. The van der Waals surface area contributed by atoms with Crippen LogP contribution in [0.1, 0.15) is 31.4 Å². The Balaban J connectivity index is 0.00000264. The van der Waals surface area contributed by atoms with Crippen LogP contribution < -0.4 is 10.6 Å². The molecule has 1 aliphatic rings. The monoisotopic (exact) mass is 444 g/mol. The Kier molecular flexibility index (Phi) is 7.69. The molecule has 0 atom stereocenters. The second-order valence-corrected chi connectivity index (χ2v) is 5.77. The largest absolute Gasteiger partial charge is 0.391 e. The molecule has 1 aliphatic carbocycles. The van der Waals surface area contributed by atoms with Crippen molar-refractivity contribution in [2.75, 3.05) is 7.05 Å².